The Morgan fingerprint density at radius 3 is 2.53 bits per heavy atom. The molecular formula is C41H46FN7O6. The fourth-order valence-electron chi connectivity index (χ4n) is 8.48. The molecule has 55 heavy (non-hydrogen) atoms. The second kappa shape index (κ2) is 15.3. The number of nitrogens with one attached hydrogen (secondary N) is 3. The maximum Gasteiger partial charge on any atom is 0.256 e. The molecule has 0 bridgehead atoms. The number of likely N-dealkylation sites (tertiary alicyclic amines) is 1. The number of fused-ring (bicyclic) bond motifs is 5. The van der Waals surface area contributed by atoms with E-state index in [4.69, 9.17) is 13.9 Å². The molecule has 13 nitrogen and oxygen atoms in total. The van der Waals surface area contributed by atoms with Gasteiger partial charge in [0.1, 0.15) is 27.9 Å². The molecule has 3 N–H and O–H groups in total. The van der Waals surface area contributed by atoms with Crippen molar-refractivity contribution in [3.8, 4) is 17.2 Å². The zero-order chi connectivity index (χ0) is 37.5. The predicted octanol–water partition coefficient (Wildman–Crippen LogP) is 3.97. The molecule has 0 aliphatic carbocycles. The molecule has 0 saturated carbocycles. The van der Waals surface area contributed by atoms with E-state index in [0.717, 1.165) is 76.1 Å². The first-order valence-corrected chi connectivity index (χ1v) is 19.5. The summed E-state index contributed by atoms with van der Waals surface area (Å²) in [6.07, 6.45) is 4.78. The third-order valence-electron chi connectivity index (χ3n) is 11.4. The Bertz CT molecular complexity index is 2330. The number of pyridine rings is 1. The first-order valence-electron chi connectivity index (χ1n) is 19.5. The zero-order valence-electron chi connectivity index (χ0n) is 30.8. The van der Waals surface area contributed by atoms with Crippen molar-refractivity contribution in [1.82, 2.24) is 30.3 Å². The van der Waals surface area contributed by atoms with E-state index >= 15 is 4.39 Å². The van der Waals surface area contributed by atoms with Gasteiger partial charge in [-0.2, -0.15) is 0 Å². The van der Waals surface area contributed by atoms with Crippen molar-refractivity contribution in [2.45, 2.75) is 31.7 Å². The summed E-state index contributed by atoms with van der Waals surface area (Å²) in [5, 5.41) is 11.2. The molecule has 4 aliphatic heterocycles. The van der Waals surface area contributed by atoms with E-state index in [1.54, 1.807) is 10.8 Å². The van der Waals surface area contributed by atoms with E-state index in [1.165, 1.54) is 6.07 Å². The quantitative estimate of drug-likeness (QED) is 0.158. The van der Waals surface area contributed by atoms with Gasteiger partial charge in [-0.1, -0.05) is 18.2 Å². The van der Waals surface area contributed by atoms with E-state index in [-0.39, 0.29) is 34.3 Å². The second-order valence-corrected chi connectivity index (χ2v) is 14.9. The molecule has 0 unspecified atom stereocenters. The van der Waals surface area contributed by atoms with E-state index in [9.17, 15) is 14.4 Å². The molecule has 3 fully saturated rings. The van der Waals surface area contributed by atoms with Crippen LogP contribution >= 0.6 is 0 Å². The molecule has 14 heteroatoms. The van der Waals surface area contributed by atoms with Crippen LogP contribution in [-0.4, -0.2) is 117 Å². The molecule has 0 radical (unpaired) electrons. The summed E-state index contributed by atoms with van der Waals surface area (Å²) in [4.78, 5) is 47.1. The molecular weight excluding hydrogens is 705 g/mol. The second-order valence-electron chi connectivity index (χ2n) is 14.9. The SMILES string of the molecule is O=C(CCNCCN1CCOCC1)N[C@@H]1CCN(c2c(F)cc3c(=O)c(C(=O)NCCN4CCCC4)cn4c3c2Oc2cc3c(cc2-4)oc2ccccc23)C1. The highest BCUT2D eigenvalue weighted by molar-refractivity contribution is 6.07. The number of para-hydroxylation sites is 1. The van der Waals surface area contributed by atoms with Crippen molar-refractivity contribution < 1.29 is 27.9 Å². The number of aromatic nitrogens is 1. The lowest BCUT2D eigenvalue weighted by Crippen LogP contribution is -2.41. The number of amides is 2. The minimum Gasteiger partial charge on any atom is -0.456 e. The van der Waals surface area contributed by atoms with Crippen LogP contribution in [0.25, 0.3) is 38.5 Å². The molecule has 1 atom stereocenters. The highest BCUT2D eigenvalue weighted by Gasteiger charge is 2.34. The van der Waals surface area contributed by atoms with Gasteiger partial charge in [-0.25, -0.2) is 4.39 Å². The summed E-state index contributed by atoms with van der Waals surface area (Å²) in [5.74, 6) is -0.567. The average Bonchev–Trinajstić information content (AvgIpc) is 3.96. The van der Waals surface area contributed by atoms with Crippen molar-refractivity contribution in [3.63, 3.8) is 0 Å². The van der Waals surface area contributed by atoms with Crippen molar-refractivity contribution >= 4 is 50.3 Å². The Kier molecular flexibility index (Phi) is 9.89. The summed E-state index contributed by atoms with van der Waals surface area (Å²) in [6, 6.07) is 12.4. The van der Waals surface area contributed by atoms with Crippen LogP contribution in [0.1, 0.15) is 36.0 Å². The molecule has 288 valence electrons. The van der Waals surface area contributed by atoms with E-state index in [2.05, 4.69) is 25.8 Å². The number of hydrogen-bond donors (Lipinski definition) is 3. The minimum absolute atomic E-state index is 0.0453. The van der Waals surface area contributed by atoms with Crippen LogP contribution in [-0.2, 0) is 9.53 Å². The molecule has 5 aromatic rings. The van der Waals surface area contributed by atoms with Crippen LogP contribution in [0.4, 0.5) is 10.1 Å². The molecule has 3 aromatic carbocycles. The van der Waals surface area contributed by atoms with Gasteiger partial charge in [-0.3, -0.25) is 19.3 Å². The molecule has 4 aliphatic rings. The van der Waals surface area contributed by atoms with E-state index in [1.807, 2.05) is 41.3 Å². The summed E-state index contributed by atoms with van der Waals surface area (Å²) in [5.41, 5.74) is 1.83. The lowest BCUT2D eigenvalue weighted by molar-refractivity contribution is -0.121. The van der Waals surface area contributed by atoms with Gasteiger partial charge in [-0.15, -0.1) is 0 Å². The standard InChI is InChI=1S/C41H46FN7O6/c42-31-21-29-37-40(38(31)48-14-8-26(24-48)45-36(50)7-9-43-10-15-47-17-19-53-20-18-47)55-35-22-28-27-5-1-2-6-33(27)54-34(28)23-32(35)49(37)25-30(39(29)51)41(52)44-11-16-46-12-3-4-13-46/h1-2,5-6,21-23,25-26,43H,3-4,7-20,24H2,(H,44,52)(H,45,50)/t26-/m1/s1. The van der Waals surface area contributed by atoms with Gasteiger partial charge in [0.15, 0.2) is 17.3 Å². The molecule has 3 saturated heterocycles. The van der Waals surface area contributed by atoms with Gasteiger partial charge in [0.05, 0.1) is 24.3 Å². The normalized spacial score (nSPS) is 18.6. The summed E-state index contributed by atoms with van der Waals surface area (Å²) < 4.78 is 36.5. The molecule has 6 heterocycles. The first kappa shape index (κ1) is 35.7. The largest absolute Gasteiger partial charge is 0.456 e. The third-order valence-corrected chi connectivity index (χ3v) is 11.4. The van der Waals surface area contributed by atoms with Gasteiger partial charge < -0.3 is 44.2 Å². The van der Waals surface area contributed by atoms with Gasteiger partial charge >= 0.3 is 0 Å². The van der Waals surface area contributed by atoms with Crippen molar-refractivity contribution in [1.29, 1.82) is 0 Å². The highest BCUT2D eigenvalue weighted by Crippen LogP contribution is 2.49. The van der Waals surface area contributed by atoms with Gasteiger partial charge in [0.2, 0.25) is 11.3 Å². The number of furan rings is 1. The topological polar surface area (TPSA) is 134 Å². The maximum atomic E-state index is 16.5. The molecule has 9 rings (SSSR count). The van der Waals surface area contributed by atoms with Gasteiger partial charge in [0, 0.05) is 94.4 Å². The Hall–Kier alpha value is -5.02. The Morgan fingerprint density at radius 1 is 0.873 bits per heavy atom. The predicted molar refractivity (Wildman–Crippen MR) is 208 cm³/mol. The minimum atomic E-state index is -0.632. The van der Waals surface area contributed by atoms with Crippen LogP contribution in [0, 0.1) is 5.82 Å². The lowest BCUT2D eigenvalue weighted by atomic mass is 10.0. The molecule has 2 aromatic heterocycles. The maximum absolute atomic E-state index is 16.5. The highest BCUT2D eigenvalue weighted by atomic mass is 19.1. The van der Waals surface area contributed by atoms with Crippen LogP contribution in [0.15, 0.2) is 57.9 Å². The average molecular weight is 752 g/mol. The number of anilines is 1. The van der Waals surface area contributed by atoms with Crippen molar-refractivity contribution in [2.24, 2.45) is 0 Å². The number of morpholine rings is 1. The number of rotatable bonds is 12. The summed E-state index contributed by atoms with van der Waals surface area (Å²) in [6.45, 7) is 9.58. The first-order chi connectivity index (χ1) is 26.9. The Morgan fingerprint density at radius 2 is 1.67 bits per heavy atom. The van der Waals surface area contributed by atoms with Crippen LogP contribution < -0.4 is 31.0 Å². The fraction of sp³-hybridized carbons (Fsp3) is 0.439. The molecule has 0 spiro atoms. The number of carbonyl (C=O) groups is 2. The number of benzene rings is 3. The summed E-state index contributed by atoms with van der Waals surface area (Å²) in [7, 11) is 0. The number of ether oxygens (including phenoxy) is 2. The van der Waals surface area contributed by atoms with Crippen LogP contribution in [0.2, 0.25) is 0 Å². The number of halogens is 1. The number of nitrogens with zero attached hydrogens (tertiary/aromatic N) is 4. The Balaban J connectivity index is 0.993. The van der Waals surface area contributed by atoms with Gasteiger partial charge in [-0.05, 0) is 50.6 Å². The van der Waals surface area contributed by atoms with Crippen LogP contribution in [0.3, 0.4) is 0 Å². The fourth-order valence-corrected chi connectivity index (χ4v) is 8.48. The Labute approximate surface area is 317 Å². The number of hydrogen-bond acceptors (Lipinski definition) is 10. The third kappa shape index (κ3) is 7.03. The monoisotopic (exact) mass is 751 g/mol. The van der Waals surface area contributed by atoms with E-state index in [0.29, 0.717) is 73.7 Å². The lowest BCUT2D eigenvalue weighted by Gasteiger charge is -2.29. The molecule has 2 amide bonds. The van der Waals surface area contributed by atoms with Gasteiger partial charge in [0.25, 0.3) is 5.91 Å². The van der Waals surface area contributed by atoms with Crippen LogP contribution in [0.5, 0.6) is 11.5 Å². The number of carbonyl (C=O) groups excluding carboxylic acids is 2. The summed E-state index contributed by atoms with van der Waals surface area (Å²) >= 11 is 0. The van der Waals surface area contributed by atoms with Crippen molar-refractivity contribution in [3.05, 3.63) is 70.3 Å². The zero-order valence-corrected chi connectivity index (χ0v) is 30.8. The van der Waals surface area contributed by atoms with E-state index < -0.39 is 17.2 Å². The smallest absolute Gasteiger partial charge is 0.256 e. The van der Waals surface area contributed by atoms with Crippen molar-refractivity contribution in [2.75, 3.05) is 90.1 Å².